The van der Waals surface area contributed by atoms with Crippen LogP contribution in [0.1, 0.15) is 29.6 Å². The Balaban J connectivity index is 1.27. The van der Waals surface area contributed by atoms with Crippen molar-refractivity contribution in [3.8, 4) is 0 Å². The van der Waals surface area contributed by atoms with Crippen molar-refractivity contribution < 1.29 is 19.1 Å². The highest BCUT2D eigenvalue weighted by molar-refractivity contribution is 5.97. The number of carbonyl (C=O) groups excluding carboxylic acids is 2. The molecule has 0 aromatic heterocycles. The van der Waals surface area contributed by atoms with Crippen LogP contribution in [0.15, 0.2) is 30.3 Å². The van der Waals surface area contributed by atoms with Crippen molar-refractivity contribution in [3.63, 3.8) is 0 Å². The van der Waals surface area contributed by atoms with E-state index in [9.17, 15) is 9.59 Å². The molecule has 3 saturated heterocycles. The Bertz CT molecular complexity index is 694. The Hall–Kier alpha value is -1.96. The van der Waals surface area contributed by atoms with Crippen molar-refractivity contribution in [2.45, 2.75) is 25.3 Å². The van der Waals surface area contributed by atoms with Crippen LogP contribution < -0.4 is 5.32 Å². The van der Waals surface area contributed by atoms with E-state index in [4.69, 9.17) is 9.47 Å². The maximum Gasteiger partial charge on any atom is 0.317 e. The van der Waals surface area contributed by atoms with Gasteiger partial charge in [-0.1, -0.05) is 30.3 Å². The number of carbonyl (C=O) groups is 2. The summed E-state index contributed by atoms with van der Waals surface area (Å²) in [5, 5.41) is 3.17. The Morgan fingerprint density at radius 3 is 2.37 bits per heavy atom. The second-order valence-electron chi connectivity index (χ2n) is 8.52. The molecule has 1 N–H and O–H groups in total. The Morgan fingerprint density at radius 2 is 1.70 bits per heavy atom. The zero-order valence-corrected chi connectivity index (χ0v) is 17.6. The molecule has 2 amide bonds. The summed E-state index contributed by atoms with van der Waals surface area (Å²) in [5.41, 5.74) is 0.771. The summed E-state index contributed by atoms with van der Waals surface area (Å²) in [4.78, 5) is 29.8. The number of hydrogen-bond donors (Lipinski definition) is 1. The summed E-state index contributed by atoms with van der Waals surface area (Å²) < 4.78 is 11.1. The Kier molecular flexibility index (Phi) is 7.36. The van der Waals surface area contributed by atoms with Gasteiger partial charge >= 0.3 is 6.03 Å². The van der Waals surface area contributed by atoms with Crippen LogP contribution >= 0.6 is 0 Å². The minimum atomic E-state index is -0.0159. The molecule has 4 rings (SSSR count). The van der Waals surface area contributed by atoms with Gasteiger partial charge in [-0.25, -0.2) is 4.79 Å². The third-order valence-corrected chi connectivity index (χ3v) is 6.70. The van der Waals surface area contributed by atoms with Crippen LogP contribution in [0.3, 0.4) is 0 Å². The van der Waals surface area contributed by atoms with E-state index in [1.807, 2.05) is 35.2 Å². The molecule has 7 heteroatoms. The predicted octanol–water partition coefficient (Wildman–Crippen LogP) is 2.03. The average molecular weight is 416 g/mol. The fourth-order valence-electron chi connectivity index (χ4n) is 4.85. The number of morpholine rings is 1. The van der Waals surface area contributed by atoms with Crippen LogP contribution in [0, 0.1) is 11.8 Å². The standard InChI is InChI=1S/C23H33N3O4/c27-22(18-4-2-1-3-5-18)19-6-9-26(10-7-19)23(28)24-16-21(20-8-13-30-17-20)25-11-14-29-15-12-25/h1-5,19-21H,6-17H2,(H,24,28)/t20-,21+/m0/s1. The number of amides is 2. The summed E-state index contributed by atoms with van der Waals surface area (Å²) >= 11 is 0. The Morgan fingerprint density at radius 1 is 0.967 bits per heavy atom. The number of piperidine rings is 1. The van der Waals surface area contributed by atoms with Gasteiger partial charge in [-0.3, -0.25) is 9.69 Å². The number of ether oxygens (including phenoxy) is 2. The lowest BCUT2D eigenvalue weighted by atomic mass is 9.89. The minimum Gasteiger partial charge on any atom is -0.381 e. The zero-order chi connectivity index (χ0) is 20.8. The molecule has 0 bridgehead atoms. The highest BCUT2D eigenvalue weighted by Crippen LogP contribution is 2.23. The van der Waals surface area contributed by atoms with Gasteiger partial charge in [0.05, 0.1) is 19.8 Å². The van der Waals surface area contributed by atoms with Crippen molar-refractivity contribution in [1.29, 1.82) is 0 Å². The van der Waals surface area contributed by atoms with Crippen molar-refractivity contribution in [2.75, 3.05) is 59.2 Å². The molecule has 7 nitrogen and oxygen atoms in total. The second kappa shape index (κ2) is 10.4. The monoisotopic (exact) mass is 415 g/mol. The lowest BCUT2D eigenvalue weighted by Crippen LogP contribution is -2.54. The first-order valence-electron chi connectivity index (χ1n) is 11.2. The number of rotatable bonds is 6. The van der Waals surface area contributed by atoms with Gasteiger partial charge in [0.15, 0.2) is 5.78 Å². The molecule has 1 aromatic rings. The lowest BCUT2D eigenvalue weighted by Gasteiger charge is -2.38. The molecule has 0 radical (unpaired) electrons. The molecular weight excluding hydrogens is 382 g/mol. The first kappa shape index (κ1) is 21.3. The second-order valence-corrected chi connectivity index (χ2v) is 8.52. The number of Topliss-reactive ketones (excluding diaryl/α,β-unsaturated/α-hetero) is 1. The van der Waals surface area contributed by atoms with E-state index in [1.165, 1.54) is 0 Å². The molecule has 3 aliphatic rings. The van der Waals surface area contributed by atoms with Crippen molar-refractivity contribution >= 4 is 11.8 Å². The molecule has 3 fully saturated rings. The van der Waals surface area contributed by atoms with E-state index in [2.05, 4.69) is 10.2 Å². The summed E-state index contributed by atoms with van der Waals surface area (Å²) in [7, 11) is 0. The maximum atomic E-state index is 12.8. The molecule has 0 saturated carbocycles. The topological polar surface area (TPSA) is 71.1 Å². The van der Waals surface area contributed by atoms with E-state index < -0.39 is 0 Å². The van der Waals surface area contributed by atoms with Gasteiger partial charge in [-0.15, -0.1) is 0 Å². The van der Waals surface area contributed by atoms with Crippen LogP contribution in [0.2, 0.25) is 0 Å². The summed E-state index contributed by atoms with van der Waals surface area (Å²) in [5.74, 6) is 0.662. The first-order valence-corrected chi connectivity index (χ1v) is 11.2. The number of urea groups is 1. The van der Waals surface area contributed by atoms with E-state index >= 15 is 0 Å². The third kappa shape index (κ3) is 5.20. The Labute approximate surface area is 178 Å². The number of hydrogen-bond acceptors (Lipinski definition) is 5. The SMILES string of the molecule is O=C(c1ccccc1)C1CCN(C(=O)NC[C@H]([C@H]2CCOC2)N2CCOCC2)CC1. The largest absolute Gasteiger partial charge is 0.381 e. The third-order valence-electron chi connectivity index (χ3n) is 6.70. The van der Waals surface area contributed by atoms with Crippen LogP contribution in [0.25, 0.3) is 0 Å². The predicted molar refractivity (Wildman–Crippen MR) is 114 cm³/mol. The van der Waals surface area contributed by atoms with Gasteiger partial charge in [0.1, 0.15) is 0 Å². The molecule has 0 unspecified atom stereocenters. The molecular formula is C23H33N3O4. The number of nitrogens with one attached hydrogen (secondary N) is 1. The van der Waals surface area contributed by atoms with Gasteiger partial charge in [0.2, 0.25) is 0 Å². The molecule has 30 heavy (non-hydrogen) atoms. The molecule has 3 aliphatic heterocycles. The van der Waals surface area contributed by atoms with Crippen LogP contribution in [0.4, 0.5) is 4.79 Å². The van der Waals surface area contributed by atoms with Gasteiger partial charge in [-0.2, -0.15) is 0 Å². The molecule has 2 atom stereocenters. The number of nitrogens with zero attached hydrogens (tertiary/aromatic N) is 2. The van der Waals surface area contributed by atoms with E-state index in [1.54, 1.807) is 0 Å². The van der Waals surface area contributed by atoms with Crippen LogP contribution in [-0.4, -0.2) is 86.8 Å². The minimum absolute atomic E-state index is 0.00758. The van der Waals surface area contributed by atoms with Crippen molar-refractivity contribution in [1.82, 2.24) is 15.1 Å². The van der Waals surface area contributed by atoms with Crippen molar-refractivity contribution in [2.24, 2.45) is 11.8 Å². The lowest BCUT2D eigenvalue weighted by molar-refractivity contribution is 0.00179. The van der Waals surface area contributed by atoms with E-state index in [0.717, 1.165) is 64.3 Å². The van der Waals surface area contributed by atoms with Crippen molar-refractivity contribution in [3.05, 3.63) is 35.9 Å². The highest BCUT2D eigenvalue weighted by Gasteiger charge is 2.33. The number of benzene rings is 1. The molecule has 0 spiro atoms. The molecule has 1 aromatic carbocycles. The average Bonchev–Trinajstić information content (AvgIpc) is 3.35. The normalized spacial score (nSPS) is 24.5. The first-order chi connectivity index (χ1) is 14.7. The highest BCUT2D eigenvalue weighted by atomic mass is 16.5. The molecule has 164 valence electrons. The molecule has 3 heterocycles. The zero-order valence-electron chi connectivity index (χ0n) is 17.6. The summed E-state index contributed by atoms with van der Waals surface area (Å²) in [6, 6.07) is 9.74. The maximum absolute atomic E-state index is 12.8. The van der Waals surface area contributed by atoms with Gasteiger partial charge in [-0.05, 0) is 19.3 Å². The van der Waals surface area contributed by atoms with E-state index in [-0.39, 0.29) is 23.8 Å². The van der Waals surface area contributed by atoms with Gasteiger partial charge in [0.25, 0.3) is 0 Å². The van der Waals surface area contributed by atoms with E-state index in [0.29, 0.717) is 25.6 Å². The molecule has 0 aliphatic carbocycles. The van der Waals surface area contributed by atoms with Gasteiger partial charge in [0, 0.05) is 62.8 Å². The fraction of sp³-hybridized carbons (Fsp3) is 0.652. The fourth-order valence-corrected chi connectivity index (χ4v) is 4.85. The summed E-state index contributed by atoms with van der Waals surface area (Å²) in [6.07, 6.45) is 2.50. The van der Waals surface area contributed by atoms with Gasteiger partial charge < -0.3 is 19.7 Å². The quantitative estimate of drug-likeness (QED) is 0.720. The van der Waals surface area contributed by atoms with Crippen LogP contribution in [-0.2, 0) is 9.47 Å². The van der Waals surface area contributed by atoms with Crippen LogP contribution in [0.5, 0.6) is 0 Å². The smallest absolute Gasteiger partial charge is 0.317 e. The number of ketones is 1. The summed E-state index contributed by atoms with van der Waals surface area (Å²) in [6.45, 7) is 6.78. The number of likely N-dealkylation sites (tertiary alicyclic amines) is 1.